The fourth-order valence-corrected chi connectivity index (χ4v) is 5.84. The quantitative estimate of drug-likeness (QED) is 0.373. The van der Waals surface area contributed by atoms with Crippen LogP contribution in [-0.4, -0.2) is 42.1 Å². The van der Waals surface area contributed by atoms with E-state index < -0.39 is 16.0 Å². The minimum absolute atomic E-state index is 0.148. The molecule has 4 N–H and O–H groups in total. The topological polar surface area (TPSA) is 144 Å². The van der Waals surface area contributed by atoms with Crippen molar-refractivity contribution in [2.75, 3.05) is 11.3 Å². The number of hydrogen-bond donors (Lipinski definition) is 3. The molecule has 37 heavy (non-hydrogen) atoms. The number of hydrogen-bond acceptors (Lipinski definition) is 7. The van der Waals surface area contributed by atoms with Crippen molar-refractivity contribution in [3.8, 4) is 17.1 Å². The number of aryl methyl sites for hydroxylation is 2. The molecule has 9 nitrogen and oxygen atoms in total. The number of carboxylic acid groups (broad SMARTS) is 1. The van der Waals surface area contributed by atoms with Crippen molar-refractivity contribution in [3.63, 3.8) is 0 Å². The van der Waals surface area contributed by atoms with Crippen molar-refractivity contribution in [2.45, 2.75) is 51.5 Å². The molecule has 0 amide bonds. The van der Waals surface area contributed by atoms with Gasteiger partial charge in [-0.15, -0.1) is 0 Å². The molecule has 0 spiro atoms. The van der Waals surface area contributed by atoms with E-state index in [1.54, 1.807) is 6.07 Å². The number of benzene rings is 2. The highest BCUT2D eigenvalue weighted by Gasteiger charge is 2.39. The van der Waals surface area contributed by atoms with Gasteiger partial charge in [0.15, 0.2) is 0 Å². The average Bonchev–Trinajstić information content (AvgIpc) is 2.80. The zero-order chi connectivity index (χ0) is 27.0. The van der Waals surface area contributed by atoms with Crippen LogP contribution in [0, 0.1) is 25.2 Å². The van der Waals surface area contributed by atoms with Crippen LogP contribution in [0.25, 0.3) is 11.3 Å². The van der Waals surface area contributed by atoms with Gasteiger partial charge in [0.1, 0.15) is 6.61 Å². The number of carbonyl (C=O) groups is 1. The minimum atomic E-state index is -4.18. The normalized spacial score (nSPS) is 16.0. The predicted molar refractivity (Wildman–Crippen MR) is 141 cm³/mol. The molecule has 1 aromatic heterocycles. The molecule has 1 aliphatic rings. The maximum absolute atomic E-state index is 13.1. The molecule has 1 saturated carbocycles. The molecule has 10 heteroatoms. The SMILES string of the molecule is Cc1cccc(C)c1-c1cc(OCC(N)C2CC(C)(C)C2)nc(NS(=O)(=O)c2cccc(C(=O)O)c2)n1. The van der Waals surface area contributed by atoms with Gasteiger partial charge in [-0.3, -0.25) is 0 Å². The summed E-state index contributed by atoms with van der Waals surface area (Å²) in [5.41, 5.74) is 9.77. The Morgan fingerprint density at radius 3 is 2.41 bits per heavy atom. The molecule has 2 aromatic carbocycles. The van der Waals surface area contributed by atoms with E-state index in [0.717, 1.165) is 35.6 Å². The summed E-state index contributed by atoms with van der Waals surface area (Å²) in [5.74, 6) is -0.866. The number of nitrogens with one attached hydrogen (secondary N) is 1. The highest BCUT2D eigenvalue weighted by Crippen LogP contribution is 2.46. The van der Waals surface area contributed by atoms with Crippen LogP contribution in [0.5, 0.6) is 5.88 Å². The molecular formula is C27H32N4O5S. The molecule has 0 bridgehead atoms. The molecule has 4 rings (SSSR count). The third-order valence-electron chi connectivity index (χ3n) is 6.72. The number of aromatic carboxylic acids is 1. The number of carboxylic acids is 1. The monoisotopic (exact) mass is 524 g/mol. The number of nitrogens with two attached hydrogens (primary N) is 1. The molecule has 1 unspecified atom stereocenters. The Labute approximate surface area is 217 Å². The highest BCUT2D eigenvalue weighted by molar-refractivity contribution is 7.92. The van der Waals surface area contributed by atoms with Gasteiger partial charge in [-0.25, -0.2) is 22.9 Å². The summed E-state index contributed by atoms with van der Waals surface area (Å²) in [5, 5.41) is 9.24. The third-order valence-corrected chi connectivity index (χ3v) is 8.04. The van der Waals surface area contributed by atoms with Crippen molar-refractivity contribution in [2.24, 2.45) is 17.1 Å². The van der Waals surface area contributed by atoms with E-state index in [4.69, 9.17) is 10.5 Å². The summed E-state index contributed by atoms with van der Waals surface area (Å²) < 4.78 is 34.5. The maximum Gasteiger partial charge on any atom is 0.335 e. The molecule has 0 saturated heterocycles. The number of rotatable bonds is 9. The molecule has 3 aromatic rings. The molecule has 0 aliphatic heterocycles. The van der Waals surface area contributed by atoms with Crippen molar-refractivity contribution >= 4 is 21.9 Å². The summed E-state index contributed by atoms with van der Waals surface area (Å²) in [6.45, 7) is 8.55. The lowest BCUT2D eigenvalue weighted by atomic mass is 9.62. The van der Waals surface area contributed by atoms with Crippen LogP contribution in [0.2, 0.25) is 0 Å². The van der Waals surface area contributed by atoms with E-state index in [1.165, 1.54) is 18.2 Å². The van der Waals surface area contributed by atoms with Crippen LogP contribution in [-0.2, 0) is 10.0 Å². The lowest BCUT2D eigenvalue weighted by molar-refractivity contribution is 0.0598. The van der Waals surface area contributed by atoms with Gasteiger partial charge in [-0.2, -0.15) is 4.98 Å². The summed E-state index contributed by atoms with van der Waals surface area (Å²) in [6.07, 6.45) is 2.05. The van der Waals surface area contributed by atoms with E-state index in [0.29, 0.717) is 11.6 Å². The maximum atomic E-state index is 13.1. The summed E-state index contributed by atoms with van der Waals surface area (Å²) in [7, 11) is -4.18. The lowest BCUT2D eigenvalue weighted by Crippen LogP contribution is -2.46. The van der Waals surface area contributed by atoms with E-state index in [-0.39, 0.29) is 40.4 Å². The second-order valence-corrected chi connectivity index (χ2v) is 12.1. The smallest absolute Gasteiger partial charge is 0.335 e. The first-order valence-electron chi connectivity index (χ1n) is 12.0. The Balaban J connectivity index is 1.66. The second kappa shape index (κ2) is 10.1. The Morgan fingerprint density at radius 2 is 1.78 bits per heavy atom. The van der Waals surface area contributed by atoms with Crippen molar-refractivity contribution in [3.05, 3.63) is 65.2 Å². The first-order chi connectivity index (χ1) is 17.3. The Hall–Kier alpha value is -3.50. The van der Waals surface area contributed by atoms with Crippen LogP contribution in [0.3, 0.4) is 0 Å². The third kappa shape index (κ3) is 6.08. The molecular weight excluding hydrogens is 492 g/mol. The fourth-order valence-electron chi connectivity index (χ4n) is 4.85. The predicted octanol–water partition coefficient (Wildman–Crippen LogP) is 4.40. The van der Waals surface area contributed by atoms with Crippen molar-refractivity contribution in [1.29, 1.82) is 0 Å². The van der Waals surface area contributed by atoms with E-state index in [1.807, 2.05) is 32.0 Å². The van der Waals surface area contributed by atoms with Gasteiger partial charge in [0.05, 0.1) is 16.2 Å². The fraction of sp³-hybridized carbons (Fsp3) is 0.370. The summed E-state index contributed by atoms with van der Waals surface area (Å²) in [4.78, 5) is 19.9. The highest BCUT2D eigenvalue weighted by atomic mass is 32.2. The first kappa shape index (κ1) is 26.6. The Bertz CT molecular complexity index is 1410. The van der Waals surface area contributed by atoms with Gasteiger partial charge in [0.2, 0.25) is 11.8 Å². The van der Waals surface area contributed by atoms with E-state index >= 15 is 0 Å². The van der Waals surface area contributed by atoms with Crippen LogP contribution in [0.4, 0.5) is 5.95 Å². The number of anilines is 1. The number of aromatic nitrogens is 2. The van der Waals surface area contributed by atoms with Gasteiger partial charge >= 0.3 is 5.97 Å². The molecule has 0 radical (unpaired) electrons. The standard InChI is InChI=1S/C27H32N4O5S/c1-16-7-5-8-17(2)24(16)22-12-23(36-15-21(28)19-13-27(3,4)14-19)30-26(29-22)31-37(34,35)20-10-6-9-18(11-20)25(32)33/h5-12,19,21H,13-15,28H2,1-4H3,(H,32,33)(H,29,30,31). The van der Waals surface area contributed by atoms with Crippen LogP contribution >= 0.6 is 0 Å². The second-order valence-electron chi connectivity index (χ2n) is 10.4. The lowest BCUT2D eigenvalue weighted by Gasteiger charge is -2.45. The Morgan fingerprint density at radius 1 is 1.14 bits per heavy atom. The largest absolute Gasteiger partial charge is 0.478 e. The van der Waals surface area contributed by atoms with Crippen LogP contribution in [0.1, 0.15) is 48.2 Å². The van der Waals surface area contributed by atoms with Gasteiger partial charge in [0.25, 0.3) is 10.0 Å². The van der Waals surface area contributed by atoms with Gasteiger partial charge < -0.3 is 15.6 Å². The number of ether oxygens (including phenoxy) is 1. The average molecular weight is 525 g/mol. The summed E-state index contributed by atoms with van der Waals surface area (Å²) >= 11 is 0. The van der Waals surface area contributed by atoms with Crippen LogP contribution < -0.4 is 15.2 Å². The number of sulfonamides is 1. The van der Waals surface area contributed by atoms with Gasteiger partial charge in [0, 0.05) is 17.7 Å². The Kier molecular flexibility index (Phi) is 7.25. The van der Waals surface area contributed by atoms with Gasteiger partial charge in [-0.1, -0.05) is 38.1 Å². The molecule has 1 fully saturated rings. The summed E-state index contributed by atoms with van der Waals surface area (Å²) in [6, 6.07) is 12.4. The molecule has 1 heterocycles. The van der Waals surface area contributed by atoms with Gasteiger partial charge in [-0.05, 0) is 67.3 Å². The van der Waals surface area contributed by atoms with E-state index in [2.05, 4.69) is 28.5 Å². The zero-order valence-corrected chi connectivity index (χ0v) is 22.2. The van der Waals surface area contributed by atoms with Crippen LogP contribution in [0.15, 0.2) is 53.4 Å². The zero-order valence-electron chi connectivity index (χ0n) is 21.4. The molecule has 1 atom stereocenters. The first-order valence-corrected chi connectivity index (χ1v) is 13.5. The van der Waals surface area contributed by atoms with Crippen molar-refractivity contribution < 1.29 is 23.1 Å². The minimum Gasteiger partial charge on any atom is -0.478 e. The molecule has 1 aliphatic carbocycles. The van der Waals surface area contributed by atoms with Crippen molar-refractivity contribution in [1.82, 2.24) is 9.97 Å². The number of nitrogens with zero attached hydrogens (tertiary/aromatic N) is 2. The molecule has 196 valence electrons. The van der Waals surface area contributed by atoms with E-state index in [9.17, 15) is 18.3 Å².